The minimum absolute atomic E-state index is 0.0792. The molecule has 0 saturated carbocycles. The number of H-pyrrole nitrogens is 1. The molecule has 82 valence electrons. The molecule has 1 aromatic carbocycles. The molecule has 0 aliphatic heterocycles. The fourth-order valence-electron chi connectivity index (χ4n) is 1.59. The SMILES string of the molecule is CCC(=O)c1cc(Cc2ccccc2)[nH]n1. The largest absolute Gasteiger partial charge is 0.292 e. The van der Waals surface area contributed by atoms with Gasteiger partial charge < -0.3 is 0 Å². The van der Waals surface area contributed by atoms with Gasteiger partial charge in [0, 0.05) is 18.5 Å². The van der Waals surface area contributed by atoms with Crippen molar-refractivity contribution in [2.75, 3.05) is 0 Å². The van der Waals surface area contributed by atoms with Crippen LogP contribution in [0.5, 0.6) is 0 Å². The third-order valence-electron chi connectivity index (χ3n) is 2.48. The van der Waals surface area contributed by atoms with Crippen LogP contribution in [-0.2, 0) is 6.42 Å². The van der Waals surface area contributed by atoms with Crippen molar-refractivity contribution in [2.24, 2.45) is 0 Å². The summed E-state index contributed by atoms with van der Waals surface area (Å²) in [5, 5.41) is 6.91. The van der Waals surface area contributed by atoms with Crippen molar-refractivity contribution >= 4 is 5.78 Å². The molecule has 0 unspecified atom stereocenters. The Bertz CT molecular complexity index is 474. The molecule has 1 aromatic heterocycles. The lowest BCUT2D eigenvalue weighted by Crippen LogP contribution is -1.95. The number of rotatable bonds is 4. The number of hydrogen-bond donors (Lipinski definition) is 1. The van der Waals surface area contributed by atoms with Gasteiger partial charge in [0.15, 0.2) is 5.78 Å². The van der Waals surface area contributed by atoms with E-state index in [4.69, 9.17) is 0 Å². The molecule has 0 aliphatic rings. The molecule has 3 nitrogen and oxygen atoms in total. The van der Waals surface area contributed by atoms with Crippen molar-refractivity contribution in [2.45, 2.75) is 19.8 Å². The second-order valence-corrected chi connectivity index (χ2v) is 3.72. The molecule has 0 bridgehead atoms. The van der Waals surface area contributed by atoms with E-state index in [1.165, 1.54) is 5.56 Å². The van der Waals surface area contributed by atoms with Gasteiger partial charge in [-0.2, -0.15) is 5.10 Å². The van der Waals surface area contributed by atoms with E-state index in [9.17, 15) is 4.79 Å². The fourth-order valence-corrected chi connectivity index (χ4v) is 1.59. The summed E-state index contributed by atoms with van der Waals surface area (Å²) in [5.41, 5.74) is 2.72. The smallest absolute Gasteiger partial charge is 0.182 e. The van der Waals surface area contributed by atoms with E-state index in [1.54, 1.807) is 0 Å². The van der Waals surface area contributed by atoms with Gasteiger partial charge in [-0.05, 0) is 11.6 Å². The van der Waals surface area contributed by atoms with Crippen LogP contribution < -0.4 is 0 Å². The topological polar surface area (TPSA) is 45.8 Å². The first-order valence-corrected chi connectivity index (χ1v) is 5.41. The monoisotopic (exact) mass is 214 g/mol. The molecule has 3 heteroatoms. The van der Waals surface area contributed by atoms with Crippen molar-refractivity contribution < 1.29 is 4.79 Å². The molecule has 0 aliphatic carbocycles. The lowest BCUT2D eigenvalue weighted by atomic mass is 10.1. The molecule has 1 N–H and O–H groups in total. The Kier molecular flexibility index (Phi) is 3.15. The summed E-state index contributed by atoms with van der Waals surface area (Å²) in [6.07, 6.45) is 1.28. The molecular formula is C13H14N2O. The molecule has 16 heavy (non-hydrogen) atoms. The Balaban J connectivity index is 2.12. The number of aromatic nitrogens is 2. The zero-order valence-electron chi connectivity index (χ0n) is 9.23. The van der Waals surface area contributed by atoms with Crippen LogP contribution in [0, 0.1) is 0 Å². The number of benzene rings is 1. The Morgan fingerprint density at radius 2 is 2.06 bits per heavy atom. The highest BCUT2D eigenvalue weighted by Gasteiger charge is 2.08. The summed E-state index contributed by atoms with van der Waals surface area (Å²) < 4.78 is 0. The van der Waals surface area contributed by atoms with Crippen LogP contribution in [0.4, 0.5) is 0 Å². The van der Waals surface area contributed by atoms with Crippen LogP contribution in [0.3, 0.4) is 0 Å². The summed E-state index contributed by atoms with van der Waals surface area (Å²) in [7, 11) is 0. The normalized spacial score (nSPS) is 10.3. The first-order valence-electron chi connectivity index (χ1n) is 5.41. The zero-order valence-corrected chi connectivity index (χ0v) is 9.23. The zero-order chi connectivity index (χ0) is 11.4. The molecule has 0 amide bonds. The Labute approximate surface area is 94.5 Å². The van der Waals surface area contributed by atoms with E-state index < -0.39 is 0 Å². The van der Waals surface area contributed by atoms with Gasteiger partial charge in [0.1, 0.15) is 5.69 Å². The number of nitrogens with one attached hydrogen (secondary N) is 1. The molecule has 0 saturated heterocycles. The summed E-state index contributed by atoms with van der Waals surface area (Å²) >= 11 is 0. The van der Waals surface area contributed by atoms with Gasteiger partial charge >= 0.3 is 0 Å². The number of aromatic amines is 1. The fraction of sp³-hybridized carbons (Fsp3) is 0.231. The van der Waals surface area contributed by atoms with Gasteiger partial charge in [-0.1, -0.05) is 37.3 Å². The molecule has 2 rings (SSSR count). The Morgan fingerprint density at radius 3 is 2.75 bits per heavy atom. The standard InChI is InChI=1S/C13H14N2O/c1-2-13(16)12-9-11(14-15-12)8-10-6-4-3-5-7-10/h3-7,9H,2,8H2,1H3,(H,14,15). The second kappa shape index (κ2) is 4.75. The van der Waals surface area contributed by atoms with Gasteiger partial charge in [-0.15, -0.1) is 0 Å². The van der Waals surface area contributed by atoms with Crippen LogP contribution in [0.1, 0.15) is 35.1 Å². The third-order valence-corrected chi connectivity index (χ3v) is 2.48. The lowest BCUT2D eigenvalue weighted by Gasteiger charge is -1.96. The van der Waals surface area contributed by atoms with Crippen LogP contribution in [0.2, 0.25) is 0 Å². The number of Topliss-reactive ketones (excluding diaryl/α,β-unsaturated/α-hetero) is 1. The van der Waals surface area contributed by atoms with E-state index in [-0.39, 0.29) is 5.78 Å². The Morgan fingerprint density at radius 1 is 1.31 bits per heavy atom. The van der Waals surface area contributed by atoms with Crippen LogP contribution in [0.25, 0.3) is 0 Å². The van der Waals surface area contributed by atoms with Gasteiger partial charge in [0.25, 0.3) is 0 Å². The molecule has 0 fully saturated rings. The molecule has 0 radical (unpaired) electrons. The number of ketones is 1. The van der Waals surface area contributed by atoms with Crippen molar-refractivity contribution in [3.05, 3.63) is 53.3 Å². The van der Waals surface area contributed by atoms with Gasteiger partial charge in [0.2, 0.25) is 0 Å². The van der Waals surface area contributed by atoms with Crippen LogP contribution in [0.15, 0.2) is 36.4 Å². The van der Waals surface area contributed by atoms with E-state index in [1.807, 2.05) is 31.2 Å². The van der Waals surface area contributed by atoms with Gasteiger partial charge in [-0.3, -0.25) is 9.89 Å². The maximum absolute atomic E-state index is 11.4. The van der Waals surface area contributed by atoms with Crippen molar-refractivity contribution in [1.82, 2.24) is 10.2 Å². The predicted octanol–water partition coefficient (Wildman–Crippen LogP) is 2.59. The lowest BCUT2D eigenvalue weighted by molar-refractivity contribution is 0.0983. The van der Waals surface area contributed by atoms with E-state index in [2.05, 4.69) is 22.3 Å². The maximum atomic E-state index is 11.4. The minimum atomic E-state index is 0.0792. The predicted molar refractivity (Wildman–Crippen MR) is 62.5 cm³/mol. The van der Waals surface area contributed by atoms with Crippen LogP contribution in [-0.4, -0.2) is 16.0 Å². The van der Waals surface area contributed by atoms with Crippen molar-refractivity contribution in [3.63, 3.8) is 0 Å². The number of carbonyl (C=O) groups is 1. The van der Waals surface area contributed by atoms with Gasteiger partial charge in [0.05, 0.1) is 0 Å². The quantitative estimate of drug-likeness (QED) is 0.795. The first-order chi connectivity index (χ1) is 7.79. The summed E-state index contributed by atoms with van der Waals surface area (Å²) in [4.78, 5) is 11.4. The number of hydrogen-bond acceptors (Lipinski definition) is 2. The molecular weight excluding hydrogens is 200 g/mol. The first kappa shape index (κ1) is 10.6. The number of carbonyl (C=O) groups excluding carboxylic acids is 1. The average Bonchev–Trinajstić information content (AvgIpc) is 2.78. The molecule has 1 heterocycles. The molecule has 0 atom stereocenters. The van der Waals surface area contributed by atoms with Gasteiger partial charge in [-0.25, -0.2) is 0 Å². The average molecular weight is 214 g/mol. The third kappa shape index (κ3) is 2.37. The van der Waals surface area contributed by atoms with Crippen molar-refractivity contribution in [3.8, 4) is 0 Å². The minimum Gasteiger partial charge on any atom is -0.292 e. The van der Waals surface area contributed by atoms with Crippen molar-refractivity contribution in [1.29, 1.82) is 0 Å². The van der Waals surface area contributed by atoms with E-state index in [0.29, 0.717) is 12.1 Å². The maximum Gasteiger partial charge on any atom is 0.182 e. The highest BCUT2D eigenvalue weighted by molar-refractivity contribution is 5.94. The number of nitrogens with zero attached hydrogens (tertiary/aromatic N) is 1. The molecule has 0 spiro atoms. The molecule has 2 aromatic rings. The van der Waals surface area contributed by atoms with E-state index in [0.717, 1.165) is 12.1 Å². The summed E-state index contributed by atoms with van der Waals surface area (Å²) in [5.74, 6) is 0.0792. The van der Waals surface area contributed by atoms with E-state index >= 15 is 0 Å². The van der Waals surface area contributed by atoms with Crippen LogP contribution >= 0.6 is 0 Å². The summed E-state index contributed by atoms with van der Waals surface area (Å²) in [6.45, 7) is 1.84. The Hall–Kier alpha value is -1.90. The summed E-state index contributed by atoms with van der Waals surface area (Å²) in [6, 6.07) is 11.9. The second-order valence-electron chi connectivity index (χ2n) is 3.72. The highest BCUT2D eigenvalue weighted by atomic mass is 16.1. The highest BCUT2D eigenvalue weighted by Crippen LogP contribution is 2.09.